The summed E-state index contributed by atoms with van der Waals surface area (Å²) in [5, 5.41) is 0. The van der Waals surface area contributed by atoms with E-state index >= 15 is 0 Å². The molecule has 0 aromatic heterocycles. The third kappa shape index (κ3) is 1.98. The molecule has 1 aromatic rings. The number of rotatable bonds is 1. The smallest absolute Gasteiger partial charge is 0.219 e. The standard InChI is InChI=1S/C11H11F2NO/c1-11(2)6-15-10(14-11)8-5-7(12)3-4-9(8)13/h3-5H,6H2,1-2H3. The lowest BCUT2D eigenvalue weighted by molar-refractivity contribution is 0.279. The largest absolute Gasteiger partial charge is 0.475 e. The van der Waals surface area contributed by atoms with Crippen LogP contribution in [0.4, 0.5) is 8.78 Å². The molecule has 0 radical (unpaired) electrons. The molecule has 0 saturated carbocycles. The highest BCUT2D eigenvalue weighted by Crippen LogP contribution is 2.22. The van der Waals surface area contributed by atoms with Crippen LogP contribution in [0.3, 0.4) is 0 Å². The van der Waals surface area contributed by atoms with Crippen LogP contribution in [0.25, 0.3) is 0 Å². The number of hydrogen-bond donors (Lipinski definition) is 0. The van der Waals surface area contributed by atoms with Crippen molar-refractivity contribution >= 4 is 5.90 Å². The molecule has 1 aliphatic rings. The number of nitrogens with zero attached hydrogens (tertiary/aromatic N) is 1. The van der Waals surface area contributed by atoms with E-state index < -0.39 is 11.6 Å². The SMILES string of the molecule is CC1(C)COC(c2cc(F)ccc2F)=N1. The van der Waals surface area contributed by atoms with Gasteiger partial charge in [0, 0.05) is 0 Å². The molecule has 0 spiro atoms. The van der Waals surface area contributed by atoms with Crippen LogP contribution in [0.15, 0.2) is 23.2 Å². The fourth-order valence-corrected chi connectivity index (χ4v) is 1.38. The van der Waals surface area contributed by atoms with Crippen molar-refractivity contribution in [3.63, 3.8) is 0 Å². The molecule has 0 fully saturated rings. The second-order valence-corrected chi connectivity index (χ2v) is 4.14. The molecule has 0 atom stereocenters. The second-order valence-electron chi connectivity index (χ2n) is 4.14. The van der Waals surface area contributed by atoms with Crippen LogP contribution in [0, 0.1) is 11.6 Å². The van der Waals surface area contributed by atoms with Gasteiger partial charge in [-0.15, -0.1) is 0 Å². The zero-order chi connectivity index (χ0) is 11.1. The van der Waals surface area contributed by atoms with E-state index in [2.05, 4.69) is 4.99 Å². The van der Waals surface area contributed by atoms with Crippen LogP contribution in [-0.4, -0.2) is 18.0 Å². The van der Waals surface area contributed by atoms with Gasteiger partial charge < -0.3 is 4.74 Å². The summed E-state index contributed by atoms with van der Waals surface area (Å²) in [7, 11) is 0. The Morgan fingerprint density at radius 3 is 2.67 bits per heavy atom. The Labute approximate surface area is 86.6 Å². The summed E-state index contributed by atoms with van der Waals surface area (Å²) in [6.45, 7) is 4.13. The minimum absolute atomic E-state index is 0.0839. The fraction of sp³-hybridized carbons (Fsp3) is 0.364. The van der Waals surface area contributed by atoms with E-state index in [0.29, 0.717) is 6.61 Å². The first-order chi connectivity index (χ1) is 6.98. The van der Waals surface area contributed by atoms with Crippen molar-refractivity contribution in [2.45, 2.75) is 19.4 Å². The molecule has 0 amide bonds. The molecule has 2 rings (SSSR count). The van der Waals surface area contributed by atoms with Gasteiger partial charge in [-0.1, -0.05) is 0 Å². The number of benzene rings is 1. The van der Waals surface area contributed by atoms with E-state index in [9.17, 15) is 8.78 Å². The van der Waals surface area contributed by atoms with Crippen LogP contribution in [0.2, 0.25) is 0 Å². The molecule has 1 aliphatic heterocycles. The third-order valence-electron chi connectivity index (χ3n) is 2.13. The molecule has 15 heavy (non-hydrogen) atoms. The van der Waals surface area contributed by atoms with Crippen LogP contribution >= 0.6 is 0 Å². The average Bonchev–Trinajstić information content (AvgIpc) is 2.50. The fourth-order valence-electron chi connectivity index (χ4n) is 1.38. The summed E-state index contributed by atoms with van der Waals surface area (Å²) in [6, 6.07) is 3.23. The Hall–Kier alpha value is -1.45. The van der Waals surface area contributed by atoms with Crippen molar-refractivity contribution in [2.75, 3.05) is 6.61 Å². The van der Waals surface area contributed by atoms with Crippen molar-refractivity contribution < 1.29 is 13.5 Å². The topological polar surface area (TPSA) is 21.6 Å². The van der Waals surface area contributed by atoms with Gasteiger partial charge in [0.2, 0.25) is 5.90 Å². The van der Waals surface area contributed by atoms with Gasteiger partial charge >= 0.3 is 0 Å². The number of halogens is 2. The Morgan fingerprint density at radius 2 is 2.07 bits per heavy atom. The van der Waals surface area contributed by atoms with E-state index in [0.717, 1.165) is 18.2 Å². The zero-order valence-corrected chi connectivity index (χ0v) is 8.55. The minimum atomic E-state index is -0.521. The van der Waals surface area contributed by atoms with Crippen LogP contribution in [-0.2, 0) is 4.74 Å². The maximum absolute atomic E-state index is 13.3. The molecule has 4 heteroatoms. The Kier molecular flexibility index (Phi) is 2.21. The molecule has 80 valence electrons. The normalized spacial score (nSPS) is 18.5. The molecule has 1 heterocycles. The Morgan fingerprint density at radius 1 is 1.33 bits per heavy atom. The summed E-state index contributed by atoms with van der Waals surface area (Å²) >= 11 is 0. The second kappa shape index (κ2) is 3.29. The van der Waals surface area contributed by atoms with E-state index in [1.165, 1.54) is 0 Å². The highest BCUT2D eigenvalue weighted by Gasteiger charge is 2.28. The van der Waals surface area contributed by atoms with Crippen molar-refractivity contribution in [1.82, 2.24) is 0 Å². The predicted octanol–water partition coefficient (Wildman–Crippen LogP) is 2.52. The minimum Gasteiger partial charge on any atom is -0.475 e. The third-order valence-corrected chi connectivity index (χ3v) is 2.13. The molecular formula is C11H11F2NO. The molecule has 2 nitrogen and oxygen atoms in total. The first-order valence-corrected chi connectivity index (χ1v) is 4.66. The molecule has 0 aliphatic carbocycles. The summed E-state index contributed by atoms with van der Waals surface area (Å²) in [4.78, 5) is 4.18. The molecule has 0 saturated heterocycles. The Bertz CT molecular complexity index is 427. The summed E-state index contributed by atoms with van der Waals surface area (Å²) < 4.78 is 31.5. The van der Waals surface area contributed by atoms with Gasteiger partial charge in [-0.2, -0.15) is 0 Å². The highest BCUT2D eigenvalue weighted by atomic mass is 19.1. The van der Waals surface area contributed by atoms with Crippen LogP contribution in [0.1, 0.15) is 19.4 Å². The molecular weight excluding hydrogens is 200 g/mol. The van der Waals surface area contributed by atoms with Crippen molar-refractivity contribution in [2.24, 2.45) is 4.99 Å². The van der Waals surface area contributed by atoms with Crippen molar-refractivity contribution in [3.8, 4) is 0 Å². The monoisotopic (exact) mass is 211 g/mol. The van der Waals surface area contributed by atoms with Gasteiger partial charge in [0.15, 0.2) is 0 Å². The predicted molar refractivity (Wildman–Crippen MR) is 52.9 cm³/mol. The van der Waals surface area contributed by atoms with Crippen molar-refractivity contribution in [1.29, 1.82) is 0 Å². The zero-order valence-electron chi connectivity index (χ0n) is 8.55. The van der Waals surface area contributed by atoms with Crippen LogP contribution in [0.5, 0.6) is 0 Å². The van der Waals surface area contributed by atoms with Crippen molar-refractivity contribution in [3.05, 3.63) is 35.4 Å². The molecule has 1 aromatic carbocycles. The van der Waals surface area contributed by atoms with Gasteiger partial charge in [-0.25, -0.2) is 13.8 Å². The lowest BCUT2D eigenvalue weighted by Crippen LogP contribution is -2.17. The maximum atomic E-state index is 13.3. The van der Waals surface area contributed by atoms with E-state index in [4.69, 9.17) is 4.74 Å². The Balaban J connectivity index is 2.43. The van der Waals surface area contributed by atoms with Gasteiger partial charge in [0.25, 0.3) is 0 Å². The lowest BCUT2D eigenvalue weighted by Gasteiger charge is -2.07. The number of hydrogen-bond acceptors (Lipinski definition) is 2. The van der Waals surface area contributed by atoms with Gasteiger partial charge in [-0.3, -0.25) is 0 Å². The van der Waals surface area contributed by atoms with E-state index in [-0.39, 0.29) is 17.0 Å². The first-order valence-electron chi connectivity index (χ1n) is 4.66. The van der Waals surface area contributed by atoms with Crippen LogP contribution < -0.4 is 0 Å². The van der Waals surface area contributed by atoms with E-state index in [1.807, 2.05) is 13.8 Å². The van der Waals surface area contributed by atoms with Gasteiger partial charge in [0.05, 0.1) is 11.1 Å². The first kappa shape index (κ1) is 10.1. The molecule has 0 N–H and O–H groups in total. The molecule has 0 bridgehead atoms. The average molecular weight is 211 g/mol. The van der Waals surface area contributed by atoms with Gasteiger partial charge in [-0.05, 0) is 32.0 Å². The number of ether oxygens (including phenoxy) is 1. The molecule has 0 unspecified atom stereocenters. The maximum Gasteiger partial charge on any atom is 0.219 e. The van der Waals surface area contributed by atoms with Gasteiger partial charge in [0.1, 0.15) is 18.2 Å². The number of aliphatic imine (C=N–C) groups is 1. The quantitative estimate of drug-likeness (QED) is 0.699. The summed E-state index contributed by atoms with van der Waals surface area (Å²) in [6.07, 6.45) is 0. The van der Waals surface area contributed by atoms with E-state index in [1.54, 1.807) is 0 Å². The lowest BCUT2D eigenvalue weighted by atomic mass is 10.1. The summed E-state index contributed by atoms with van der Waals surface area (Å²) in [5.41, 5.74) is -0.283. The highest BCUT2D eigenvalue weighted by molar-refractivity contribution is 5.95. The summed E-state index contributed by atoms with van der Waals surface area (Å²) in [5.74, 6) is -0.841.